The number of piperazine rings is 1. The van der Waals surface area contributed by atoms with Crippen LogP contribution in [0, 0.1) is 0 Å². The molecule has 0 amide bonds. The van der Waals surface area contributed by atoms with Crippen LogP contribution < -0.4 is 0 Å². The SMILES string of the molecule is C=C(C)/C(=C\C=C/C)OCC=O.CC.CCN1CCN(C)CC1. The number of aldehydes is 1. The zero-order chi connectivity index (χ0) is 18.1. The Bertz CT molecular complexity index is 354. The molecule has 4 heteroatoms. The normalized spacial score (nSPS) is 16.0. The van der Waals surface area contributed by atoms with Crippen LogP contribution in [0.4, 0.5) is 0 Å². The third-order valence-corrected chi connectivity index (χ3v) is 3.21. The molecule has 0 N–H and O–H groups in total. The first-order valence-corrected chi connectivity index (χ1v) is 8.51. The monoisotopic (exact) mass is 324 g/mol. The molecular weight excluding hydrogens is 288 g/mol. The summed E-state index contributed by atoms with van der Waals surface area (Å²) in [5, 5.41) is 0. The maximum Gasteiger partial charge on any atom is 0.157 e. The molecule has 0 aliphatic carbocycles. The summed E-state index contributed by atoms with van der Waals surface area (Å²) in [5.41, 5.74) is 0.815. The van der Waals surface area contributed by atoms with Crippen molar-refractivity contribution in [3.63, 3.8) is 0 Å². The lowest BCUT2D eigenvalue weighted by atomic mass is 10.2. The summed E-state index contributed by atoms with van der Waals surface area (Å²) in [6.45, 7) is 20.0. The van der Waals surface area contributed by atoms with Gasteiger partial charge in [0.05, 0.1) is 0 Å². The molecule has 1 saturated heterocycles. The molecule has 0 aromatic carbocycles. The van der Waals surface area contributed by atoms with Crippen molar-refractivity contribution in [2.75, 3.05) is 46.4 Å². The van der Waals surface area contributed by atoms with Crippen LogP contribution >= 0.6 is 0 Å². The van der Waals surface area contributed by atoms with Crippen LogP contribution in [0.3, 0.4) is 0 Å². The van der Waals surface area contributed by atoms with Gasteiger partial charge in [-0.05, 0) is 39.1 Å². The molecule has 0 radical (unpaired) electrons. The van der Waals surface area contributed by atoms with E-state index >= 15 is 0 Å². The molecule has 0 aromatic rings. The standard InChI is InChI=1S/C10H14O2.C7H16N2.C2H6/c1-4-5-6-10(9(2)3)12-8-7-11;1-3-9-6-4-8(2)5-7-9;1-2/h4-7H,2,8H2,1,3H3;3-7H2,1-2H3;1-2H3/b5-4-,10-6+;;. The second-order valence-corrected chi connectivity index (χ2v) is 5.05. The summed E-state index contributed by atoms with van der Waals surface area (Å²) in [6.07, 6.45) is 6.22. The number of ether oxygens (including phenoxy) is 1. The number of allylic oxidation sites excluding steroid dienone is 4. The van der Waals surface area contributed by atoms with E-state index in [-0.39, 0.29) is 6.61 Å². The molecule has 134 valence electrons. The summed E-state index contributed by atoms with van der Waals surface area (Å²) in [4.78, 5) is 14.9. The molecule has 1 aliphatic heterocycles. The van der Waals surface area contributed by atoms with Crippen LogP contribution in [0.15, 0.2) is 36.1 Å². The van der Waals surface area contributed by atoms with Gasteiger partial charge in [-0.25, -0.2) is 0 Å². The fourth-order valence-corrected chi connectivity index (χ4v) is 1.79. The van der Waals surface area contributed by atoms with Gasteiger partial charge in [-0.1, -0.05) is 39.5 Å². The fraction of sp³-hybridized carbons (Fsp3) is 0.632. The van der Waals surface area contributed by atoms with Crippen LogP contribution in [0.5, 0.6) is 0 Å². The molecule has 0 aromatic heterocycles. The summed E-state index contributed by atoms with van der Waals surface area (Å²) in [7, 11) is 2.19. The van der Waals surface area contributed by atoms with Gasteiger partial charge in [-0.15, -0.1) is 0 Å². The van der Waals surface area contributed by atoms with Crippen molar-refractivity contribution in [3.8, 4) is 0 Å². The van der Waals surface area contributed by atoms with E-state index in [0.29, 0.717) is 12.0 Å². The number of rotatable bonds is 6. The van der Waals surface area contributed by atoms with E-state index < -0.39 is 0 Å². The molecule has 0 atom stereocenters. The van der Waals surface area contributed by atoms with Crippen LogP contribution in [-0.4, -0.2) is 62.5 Å². The van der Waals surface area contributed by atoms with Crippen LogP contribution in [0.25, 0.3) is 0 Å². The Balaban J connectivity index is 0. The summed E-state index contributed by atoms with van der Waals surface area (Å²) < 4.78 is 5.10. The van der Waals surface area contributed by atoms with Gasteiger partial charge in [0.2, 0.25) is 0 Å². The van der Waals surface area contributed by atoms with Crippen molar-refractivity contribution < 1.29 is 9.53 Å². The van der Waals surface area contributed by atoms with Crippen molar-refractivity contribution in [2.45, 2.75) is 34.6 Å². The first kappa shape index (κ1) is 23.9. The highest BCUT2D eigenvalue weighted by atomic mass is 16.5. The fourth-order valence-electron chi connectivity index (χ4n) is 1.79. The van der Waals surface area contributed by atoms with Crippen molar-refractivity contribution >= 4 is 6.29 Å². The van der Waals surface area contributed by atoms with E-state index in [1.807, 2.05) is 39.8 Å². The molecule has 0 saturated carbocycles. The van der Waals surface area contributed by atoms with Gasteiger partial charge in [-0.3, -0.25) is 4.79 Å². The van der Waals surface area contributed by atoms with Gasteiger partial charge in [0.15, 0.2) is 6.29 Å². The third kappa shape index (κ3) is 14.0. The zero-order valence-corrected chi connectivity index (χ0v) is 16.0. The van der Waals surface area contributed by atoms with Crippen molar-refractivity contribution in [1.82, 2.24) is 9.80 Å². The van der Waals surface area contributed by atoms with Gasteiger partial charge >= 0.3 is 0 Å². The second-order valence-electron chi connectivity index (χ2n) is 5.05. The molecule has 1 aliphatic rings. The third-order valence-electron chi connectivity index (χ3n) is 3.21. The molecule has 0 bridgehead atoms. The maximum atomic E-state index is 10.0. The number of likely N-dealkylation sites (N-methyl/N-ethyl adjacent to an activating group) is 2. The van der Waals surface area contributed by atoms with Crippen LogP contribution in [0.1, 0.15) is 34.6 Å². The Morgan fingerprint density at radius 2 is 1.78 bits per heavy atom. The van der Waals surface area contributed by atoms with E-state index in [1.54, 1.807) is 6.08 Å². The topological polar surface area (TPSA) is 32.8 Å². The lowest BCUT2D eigenvalue weighted by Gasteiger charge is -2.31. The van der Waals surface area contributed by atoms with Crippen LogP contribution in [-0.2, 0) is 9.53 Å². The van der Waals surface area contributed by atoms with Gasteiger partial charge in [0.25, 0.3) is 0 Å². The highest BCUT2D eigenvalue weighted by molar-refractivity contribution is 5.51. The second kappa shape index (κ2) is 17.0. The van der Waals surface area contributed by atoms with Gasteiger partial charge in [0.1, 0.15) is 12.4 Å². The van der Waals surface area contributed by atoms with Gasteiger partial charge in [-0.2, -0.15) is 0 Å². The van der Waals surface area contributed by atoms with E-state index in [0.717, 1.165) is 5.57 Å². The predicted octanol–water partition coefficient (Wildman–Crippen LogP) is 3.52. The van der Waals surface area contributed by atoms with Crippen molar-refractivity contribution in [3.05, 3.63) is 36.1 Å². The number of nitrogens with zero attached hydrogens (tertiary/aromatic N) is 2. The molecule has 0 spiro atoms. The van der Waals surface area contributed by atoms with E-state index in [9.17, 15) is 4.79 Å². The van der Waals surface area contributed by atoms with E-state index in [4.69, 9.17) is 4.74 Å². The lowest BCUT2D eigenvalue weighted by Crippen LogP contribution is -2.44. The number of hydrogen-bond acceptors (Lipinski definition) is 4. The Labute approximate surface area is 143 Å². The average Bonchev–Trinajstić information content (AvgIpc) is 2.58. The zero-order valence-electron chi connectivity index (χ0n) is 16.0. The number of carbonyl (C=O) groups excluding carboxylic acids is 1. The first-order valence-electron chi connectivity index (χ1n) is 8.51. The lowest BCUT2D eigenvalue weighted by molar-refractivity contribution is -0.110. The average molecular weight is 325 g/mol. The van der Waals surface area contributed by atoms with Crippen molar-refractivity contribution in [1.29, 1.82) is 0 Å². The summed E-state index contributed by atoms with van der Waals surface area (Å²) in [6, 6.07) is 0. The highest BCUT2D eigenvalue weighted by Gasteiger charge is 2.10. The highest BCUT2D eigenvalue weighted by Crippen LogP contribution is 2.07. The quantitative estimate of drug-likeness (QED) is 0.425. The molecule has 1 fully saturated rings. The summed E-state index contributed by atoms with van der Waals surface area (Å²) in [5.74, 6) is 0.653. The van der Waals surface area contributed by atoms with Gasteiger partial charge < -0.3 is 14.5 Å². The minimum atomic E-state index is 0.0796. The molecular formula is C19H36N2O2. The van der Waals surface area contributed by atoms with Gasteiger partial charge in [0, 0.05) is 26.2 Å². The molecule has 1 heterocycles. The molecule has 1 rings (SSSR count). The number of carbonyl (C=O) groups is 1. The summed E-state index contributed by atoms with van der Waals surface area (Å²) >= 11 is 0. The Hall–Kier alpha value is -1.39. The molecule has 23 heavy (non-hydrogen) atoms. The minimum Gasteiger partial charge on any atom is -0.486 e. The largest absolute Gasteiger partial charge is 0.486 e. The number of hydrogen-bond donors (Lipinski definition) is 0. The Morgan fingerprint density at radius 3 is 2.17 bits per heavy atom. The Morgan fingerprint density at radius 1 is 1.22 bits per heavy atom. The molecule has 4 nitrogen and oxygen atoms in total. The maximum absolute atomic E-state index is 10.0. The van der Waals surface area contributed by atoms with E-state index in [1.165, 1.54) is 32.7 Å². The van der Waals surface area contributed by atoms with E-state index in [2.05, 4.69) is 30.4 Å². The van der Waals surface area contributed by atoms with Crippen molar-refractivity contribution in [2.24, 2.45) is 0 Å². The predicted molar refractivity (Wildman–Crippen MR) is 101 cm³/mol. The first-order chi connectivity index (χ1) is 11.0. The molecule has 0 unspecified atom stereocenters. The smallest absolute Gasteiger partial charge is 0.157 e. The Kier molecular flexibility index (Phi) is 17.6. The minimum absolute atomic E-state index is 0.0796. The van der Waals surface area contributed by atoms with Crippen LogP contribution in [0.2, 0.25) is 0 Å².